The molecule has 2 aromatic heterocycles. The average Bonchev–Trinajstić information content (AvgIpc) is 2.95. The van der Waals surface area contributed by atoms with Crippen molar-refractivity contribution in [1.29, 1.82) is 5.26 Å². The minimum absolute atomic E-state index is 0.0120. The number of hydrogen-bond acceptors (Lipinski definition) is 6. The zero-order valence-corrected chi connectivity index (χ0v) is 13.7. The van der Waals surface area contributed by atoms with Crippen LogP contribution in [0.3, 0.4) is 0 Å². The topological polar surface area (TPSA) is 79.9 Å². The molecule has 23 heavy (non-hydrogen) atoms. The lowest BCUT2D eigenvalue weighted by atomic mass is 10.1. The van der Waals surface area contributed by atoms with Crippen LogP contribution in [0, 0.1) is 32.1 Å². The SMILES string of the molecule is Cc1cnn(C[C@@H]2CN(c3nnc(C)c(C)c3C#N)CCO2)c1. The van der Waals surface area contributed by atoms with Gasteiger partial charge in [-0.05, 0) is 31.9 Å². The molecule has 0 spiro atoms. The highest BCUT2D eigenvalue weighted by Gasteiger charge is 2.25. The fraction of sp³-hybridized carbons (Fsp3) is 0.500. The lowest BCUT2D eigenvalue weighted by Gasteiger charge is -2.34. The highest BCUT2D eigenvalue weighted by molar-refractivity contribution is 5.57. The van der Waals surface area contributed by atoms with Crippen molar-refractivity contribution in [3.8, 4) is 6.07 Å². The largest absolute Gasteiger partial charge is 0.373 e. The second-order valence-corrected chi connectivity index (χ2v) is 5.90. The Morgan fingerprint density at radius 2 is 2.17 bits per heavy atom. The standard InChI is InChI=1S/C16H20N6O/c1-11-7-18-22(8-11)10-14-9-21(4-5-23-14)16-15(6-17)12(2)13(3)19-20-16/h7-8,14H,4-5,9-10H2,1-3H3/t14-/m0/s1. The van der Waals surface area contributed by atoms with Crippen LogP contribution < -0.4 is 4.90 Å². The molecule has 0 bridgehead atoms. The summed E-state index contributed by atoms with van der Waals surface area (Å²) < 4.78 is 7.73. The van der Waals surface area contributed by atoms with Crippen molar-refractivity contribution in [3.05, 3.63) is 34.8 Å². The molecule has 0 radical (unpaired) electrons. The third kappa shape index (κ3) is 3.17. The molecule has 1 aliphatic heterocycles. The Labute approximate surface area is 135 Å². The fourth-order valence-corrected chi connectivity index (χ4v) is 2.75. The van der Waals surface area contributed by atoms with E-state index < -0.39 is 0 Å². The summed E-state index contributed by atoms with van der Waals surface area (Å²) in [5.74, 6) is 0.653. The molecule has 1 aliphatic rings. The van der Waals surface area contributed by atoms with Crippen molar-refractivity contribution >= 4 is 5.82 Å². The Morgan fingerprint density at radius 1 is 1.35 bits per heavy atom. The second-order valence-electron chi connectivity index (χ2n) is 5.90. The van der Waals surface area contributed by atoms with Crippen LogP contribution in [0.4, 0.5) is 5.82 Å². The molecule has 1 atom stereocenters. The van der Waals surface area contributed by atoms with Crippen LogP contribution in [-0.2, 0) is 11.3 Å². The summed E-state index contributed by atoms with van der Waals surface area (Å²) in [7, 11) is 0. The van der Waals surface area contributed by atoms with E-state index >= 15 is 0 Å². The van der Waals surface area contributed by atoms with Gasteiger partial charge in [-0.25, -0.2) is 0 Å². The van der Waals surface area contributed by atoms with Crippen molar-refractivity contribution in [2.24, 2.45) is 0 Å². The molecule has 0 amide bonds. The highest BCUT2D eigenvalue weighted by Crippen LogP contribution is 2.23. The number of morpholine rings is 1. The zero-order chi connectivity index (χ0) is 16.4. The molecule has 7 heteroatoms. The van der Waals surface area contributed by atoms with Crippen LogP contribution in [0.1, 0.15) is 22.4 Å². The lowest BCUT2D eigenvalue weighted by molar-refractivity contribution is 0.0271. The molecule has 0 saturated carbocycles. The van der Waals surface area contributed by atoms with Crippen molar-refractivity contribution in [2.75, 3.05) is 24.6 Å². The van der Waals surface area contributed by atoms with E-state index in [2.05, 4.69) is 26.3 Å². The maximum absolute atomic E-state index is 9.47. The van der Waals surface area contributed by atoms with Gasteiger partial charge in [0.2, 0.25) is 0 Å². The molecule has 0 N–H and O–H groups in total. The fourth-order valence-electron chi connectivity index (χ4n) is 2.75. The van der Waals surface area contributed by atoms with Gasteiger partial charge in [0, 0.05) is 19.3 Å². The van der Waals surface area contributed by atoms with Crippen LogP contribution >= 0.6 is 0 Å². The van der Waals surface area contributed by atoms with Crippen LogP contribution in [0.25, 0.3) is 0 Å². The Kier molecular flexibility index (Phi) is 4.26. The molecule has 3 heterocycles. The lowest BCUT2D eigenvalue weighted by Crippen LogP contribution is -2.45. The molecule has 2 aromatic rings. The normalized spacial score (nSPS) is 18.0. The van der Waals surface area contributed by atoms with E-state index in [1.807, 2.05) is 37.8 Å². The summed E-state index contributed by atoms with van der Waals surface area (Å²) in [6.07, 6.45) is 3.85. The predicted molar refractivity (Wildman–Crippen MR) is 85.1 cm³/mol. The van der Waals surface area contributed by atoms with E-state index in [-0.39, 0.29) is 6.10 Å². The monoisotopic (exact) mass is 312 g/mol. The summed E-state index contributed by atoms with van der Waals surface area (Å²) in [5, 5.41) is 22.2. The van der Waals surface area contributed by atoms with Gasteiger partial charge in [-0.2, -0.15) is 15.5 Å². The number of ether oxygens (including phenoxy) is 1. The molecular formula is C16H20N6O. The van der Waals surface area contributed by atoms with E-state index in [9.17, 15) is 5.26 Å². The van der Waals surface area contributed by atoms with Crippen molar-refractivity contribution in [3.63, 3.8) is 0 Å². The zero-order valence-electron chi connectivity index (χ0n) is 13.7. The van der Waals surface area contributed by atoms with E-state index in [4.69, 9.17) is 4.74 Å². The first-order chi connectivity index (χ1) is 11.1. The number of rotatable bonds is 3. The van der Waals surface area contributed by atoms with Gasteiger partial charge < -0.3 is 9.64 Å². The third-order valence-corrected chi connectivity index (χ3v) is 4.14. The molecule has 1 saturated heterocycles. The van der Waals surface area contributed by atoms with E-state index in [0.29, 0.717) is 37.6 Å². The van der Waals surface area contributed by atoms with E-state index in [1.165, 1.54) is 0 Å². The van der Waals surface area contributed by atoms with Crippen molar-refractivity contribution < 1.29 is 4.74 Å². The number of aromatic nitrogens is 4. The summed E-state index contributed by atoms with van der Waals surface area (Å²) in [5.41, 5.74) is 3.42. The molecular weight excluding hydrogens is 292 g/mol. The van der Waals surface area contributed by atoms with Crippen molar-refractivity contribution in [1.82, 2.24) is 20.0 Å². The van der Waals surface area contributed by atoms with Gasteiger partial charge in [0.1, 0.15) is 11.6 Å². The maximum atomic E-state index is 9.47. The number of hydrogen-bond donors (Lipinski definition) is 0. The van der Waals surface area contributed by atoms with Gasteiger partial charge in [0.05, 0.1) is 31.1 Å². The molecule has 3 rings (SSSR count). The number of anilines is 1. The van der Waals surface area contributed by atoms with Gasteiger partial charge in [0.15, 0.2) is 5.82 Å². The molecule has 0 unspecified atom stereocenters. The Hall–Kier alpha value is -2.46. The minimum Gasteiger partial charge on any atom is -0.373 e. The van der Waals surface area contributed by atoms with Gasteiger partial charge in [-0.1, -0.05) is 0 Å². The number of aryl methyl sites for hydroxylation is 2. The molecule has 0 aromatic carbocycles. The molecule has 0 aliphatic carbocycles. The quantitative estimate of drug-likeness (QED) is 0.852. The molecule has 120 valence electrons. The second kappa shape index (κ2) is 6.34. The average molecular weight is 312 g/mol. The first kappa shape index (κ1) is 15.4. The van der Waals surface area contributed by atoms with Gasteiger partial charge in [-0.3, -0.25) is 4.68 Å². The first-order valence-electron chi connectivity index (χ1n) is 7.68. The Bertz CT molecular complexity index is 748. The summed E-state index contributed by atoms with van der Waals surface area (Å²) in [4.78, 5) is 2.09. The predicted octanol–water partition coefficient (Wildman–Crippen LogP) is 1.38. The summed E-state index contributed by atoms with van der Waals surface area (Å²) in [6, 6.07) is 2.27. The summed E-state index contributed by atoms with van der Waals surface area (Å²) in [6.45, 7) is 8.47. The number of nitrogens with zero attached hydrogens (tertiary/aromatic N) is 6. The molecule has 1 fully saturated rings. The first-order valence-corrected chi connectivity index (χ1v) is 7.68. The van der Waals surface area contributed by atoms with E-state index in [1.54, 1.807) is 0 Å². The van der Waals surface area contributed by atoms with Crippen LogP contribution in [-0.4, -0.2) is 45.8 Å². The highest BCUT2D eigenvalue weighted by atomic mass is 16.5. The smallest absolute Gasteiger partial charge is 0.169 e. The van der Waals surface area contributed by atoms with E-state index in [0.717, 1.165) is 16.8 Å². The van der Waals surface area contributed by atoms with Gasteiger partial charge in [0.25, 0.3) is 0 Å². The number of nitriles is 1. The molecule has 7 nitrogen and oxygen atoms in total. The van der Waals surface area contributed by atoms with Gasteiger partial charge >= 0.3 is 0 Å². The van der Waals surface area contributed by atoms with Crippen LogP contribution in [0.15, 0.2) is 12.4 Å². The van der Waals surface area contributed by atoms with Gasteiger partial charge in [-0.15, -0.1) is 5.10 Å². The maximum Gasteiger partial charge on any atom is 0.169 e. The Morgan fingerprint density at radius 3 is 2.87 bits per heavy atom. The van der Waals surface area contributed by atoms with Crippen molar-refractivity contribution in [2.45, 2.75) is 33.4 Å². The van der Waals surface area contributed by atoms with Crippen LogP contribution in [0.5, 0.6) is 0 Å². The Balaban J connectivity index is 1.79. The van der Waals surface area contributed by atoms with Crippen LogP contribution in [0.2, 0.25) is 0 Å². The third-order valence-electron chi connectivity index (χ3n) is 4.14. The summed E-state index contributed by atoms with van der Waals surface area (Å²) >= 11 is 0. The minimum atomic E-state index is 0.0120.